The fourth-order valence-electron chi connectivity index (χ4n) is 2.02. The molecule has 0 aromatic heterocycles. The zero-order chi connectivity index (χ0) is 15.1. The van der Waals surface area contributed by atoms with E-state index in [0.717, 1.165) is 13.1 Å². The minimum absolute atomic E-state index is 0.178. The van der Waals surface area contributed by atoms with Crippen LogP contribution in [0.4, 0.5) is 0 Å². The van der Waals surface area contributed by atoms with Gasteiger partial charge in [0.1, 0.15) is 30.8 Å². The van der Waals surface area contributed by atoms with Crippen molar-refractivity contribution in [1.82, 2.24) is 0 Å². The SMILES string of the molecule is CCCCCC[N+](=CC=C(C#N)C#N)CCCCCC. The lowest BCUT2D eigenvalue weighted by atomic mass is 10.2. The number of unbranched alkanes of at least 4 members (excludes halogenated alkanes) is 6. The topological polar surface area (TPSA) is 50.6 Å². The minimum atomic E-state index is 0.178. The summed E-state index contributed by atoms with van der Waals surface area (Å²) in [5.41, 5.74) is 0.178. The van der Waals surface area contributed by atoms with Crippen LogP contribution in [0.5, 0.6) is 0 Å². The smallest absolute Gasteiger partial charge is 0.165 e. The first-order valence-corrected chi connectivity index (χ1v) is 7.87. The van der Waals surface area contributed by atoms with Crippen molar-refractivity contribution in [3.63, 3.8) is 0 Å². The highest BCUT2D eigenvalue weighted by Gasteiger charge is 2.03. The van der Waals surface area contributed by atoms with Crippen molar-refractivity contribution in [3.05, 3.63) is 11.6 Å². The van der Waals surface area contributed by atoms with E-state index in [4.69, 9.17) is 10.5 Å². The third-order valence-electron chi connectivity index (χ3n) is 3.29. The van der Waals surface area contributed by atoms with Gasteiger partial charge in [-0.3, -0.25) is 0 Å². The summed E-state index contributed by atoms with van der Waals surface area (Å²) in [7, 11) is 0. The fourth-order valence-corrected chi connectivity index (χ4v) is 2.02. The summed E-state index contributed by atoms with van der Waals surface area (Å²) in [5, 5.41) is 17.5. The highest BCUT2D eigenvalue weighted by Crippen LogP contribution is 2.02. The molecule has 0 rings (SSSR count). The number of nitrogens with zero attached hydrogens (tertiary/aromatic N) is 3. The van der Waals surface area contributed by atoms with E-state index in [9.17, 15) is 0 Å². The van der Waals surface area contributed by atoms with Gasteiger partial charge in [0.25, 0.3) is 0 Å². The van der Waals surface area contributed by atoms with Gasteiger partial charge < -0.3 is 0 Å². The van der Waals surface area contributed by atoms with E-state index < -0.39 is 0 Å². The van der Waals surface area contributed by atoms with Gasteiger partial charge in [-0.25, -0.2) is 4.58 Å². The molecular formula is C17H28N3+. The van der Waals surface area contributed by atoms with E-state index >= 15 is 0 Å². The van der Waals surface area contributed by atoms with Gasteiger partial charge in [-0.05, 0) is 12.8 Å². The molecule has 0 N–H and O–H groups in total. The third-order valence-corrected chi connectivity index (χ3v) is 3.29. The van der Waals surface area contributed by atoms with Crippen molar-refractivity contribution in [1.29, 1.82) is 10.5 Å². The Kier molecular flexibility index (Phi) is 12.7. The van der Waals surface area contributed by atoms with Crippen LogP contribution < -0.4 is 0 Å². The lowest BCUT2D eigenvalue weighted by Gasteiger charge is -2.03. The molecule has 0 saturated carbocycles. The van der Waals surface area contributed by atoms with Gasteiger partial charge in [0.15, 0.2) is 6.21 Å². The molecule has 0 aliphatic heterocycles. The second-order valence-electron chi connectivity index (χ2n) is 5.11. The average molecular weight is 274 g/mol. The van der Waals surface area contributed by atoms with Crippen LogP contribution in [0.25, 0.3) is 0 Å². The van der Waals surface area contributed by atoms with Gasteiger partial charge in [-0.15, -0.1) is 0 Å². The molecule has 0 heterocycles. The van der Waals surface area contributed by atoms with E-state index in [-0.39, 0.29) is 5.57 Å². The zero-order valence-electron chi connectivity index (χ0n) is 13.1. The molecule has 0 fully saturated rings. The van der Waals surface area contributed by atoms with E-state index in [0.29, 0.717) is 0 Å². The van der Waals surface area contributed by atoms with Gasteiger partial charge in [-0.2, -0.15) is 10.5 Å². The van der Waals surface area contributed by atoms with E-state index in [1.54, 1.807) is 6.08 Å². The monoisotopic (exact) mass is 274 g/mol. The Morgan fingerprint density at radius 3 is 1.75 bits per heavy atom. The first kappa shape index (κ1) is 18.4. The van der Waals surface area contributed by atoms with Crippen molar-refractivity contribution >= 4 is 6.21 Å². The number of hydrogen-bond acceptors (Lipinski definition) is 2. The standard InChI is InChI=1S/C17H28N3/c1-3-5-7-9-12-20(13-10-8-6-4-2)14-11-17(15-18)16-19/h11,14H,3-10,12-13H2,1-2H3/q+1. The van der Waals surface area contributed by atoms with Gasteiger partial charge in [0.05, 0.1) is 0 Å². The Hall–Kier alpha value is -1.61. The molecule has 0 radical (unpaired) electrons. The van der Waals surface area contributed by atoms with Gasteiger partial charge >= 0.3 is 0 Å². The van der Waals surface area contributed by atoms with Crippen LogP contribution in [0, 0.1) is 22.7 Å². The van der Waals surface area contributed by atoms with Crippen LogP contribution in [0.15, 0.2) is 11.6 Å². The Morgan fingerprint density at radius 1 is 0.850 bits per heavy atom. The molecule has 110 valence electrons. The second-order valence-corrected chi connectivity index (χ2v) is 5.11. The first-order chi connectivity index (χ1) is 9.78. The number of hydrogen-bond donors (Lipinski definition) is 0. The Bertz CT molecular complexity index is 350. The Morgan fingerprint density at radius 2 is 1.35 bits per heavy atom. The predicted molar refractivity (Wildman–Crippen MR) is 83.7 cm³/mol. The molecule has 0 spiro atoms. The first-order valence-electron chi connectivity index (χ1n) is 7.87. The van der Waals surface area contributed by atoms with Gasteiger partial charge in [0, 0.05) is 18.9 Å². The van der Waals surface area contributed by atoms with Crippen LogP contribution in [-0.2, 0) is 0 Å². The van der Waals surface area contributed by atoms with E-state index in [2.05, 4.69) is 18.4 Å². The Balaban J connectivity index is 4.38. The molecule has 3 nitrogen and oxygen atoms in total. The lowest BCUT2D eigenvalue weighted by Crippen LogP contribution is -2.16. The Labute approximate surface area is 124 Å². The third kappa shape index (κ3) is 10.3. The molecule has 0 saturated heterocycles. The molecule has 0 atom stereocenters. The van der Waals surface area contributed by atoms with Crippen LogP contribution in [-0.4, -0.2) is 23.9 Å². The van der Waals surface area contributed by atoms with E-state index in [1.165, 1.54) is 51.4 Å². The fraction of sp³-hybridized carbons (Fsp3) is 0.706. The highest BCUT2D eigenvalue weighted by atomic mass is 15.0. The van der Waals surface area contributed by atoms with Gasteiger partial charge in [0.2, 0.25) is 0 Å². The predicted octanol–water partition coefficient (Wildman–Crippen LogP) is 4.20. The van der Waals surface area contributed by atoms with Crippen molar-refractivity contribution in [3.8, 4) is 12.1 Å². The maximum absolute atomic E-state index is 8.75. The van der Waals surface area contributed by atoms with Crippen LogP contribution >= 0.6 is 0 Å². The molecule has 0 bridgehead atoms. The average Bonchev–Trinajstić information content (AvgIpc) is 2.48. The molecule has 0 aromatic rings. The molecule has 20 heavy (non-hydrogen) atoms. The number of allylic oxidation sites excluding steroid dienone is 2. The number of nitriles is 2. The quantitative estimate of drug-likeness (QED) is 0.245. The summed E-state index contributed by atoms with van der Waals surface area (Å²) < 4.78 is 2.25. The molecule has 0 unspecified atom stereocenters. The van der Waals surface area contributed by atoms with Crippen molar-refractivity contribution in [2.45, 2.75) is 65.2 Å². The summed E-state index contributed by atoms with van der Waals surface area (Å²) in [6, 6.07) is 3.80. The minimum Gasteiger partial charge on any atom is -0.236 e. The van der Waals surface area contributed by atoms with Crippen molar-refractivity contribution in [2.75, 3.05) is 13.1 Å². The molecular weight excluding hydrogens is 246 g/mol. The van der Waals surface area contributed by atoms with E-state index in [1.807, 2.05) is 18.4 Å². The molecule has 0 aliphatic carbocycles. The van der Waals surface area contributed by atoms with Crippen LogP contribution in [0.1, 0.15) is 65.2 Å². The largest absolute Gasteiger partial charge is 0.236 e. The molecule has 0 aliphatic rings. The van der Waals surface area contributed by atoms with Crippen molar-refractivity contribution in [2.24, 2.45) is 0 Å². The summed E-state index contributed by atoms with van der Waals surface area (Å²) in [5.74, 6) is 0. The van der Waals surface area contributed by atoms with Crippen LogP contribution in [0.2, 0.25) is 0 Å². The highest BCUT2D eigenvalue weighted by molar-refractivity contribution is 5.70. The summed E-state index contributed by atoms with van der Waals surface area (Å²) in [6.07, 6.45) is 13.5. The molecule has 0 aromatic carbocycles. The van der Waals surface area contributed by atoms with Gasteiger partial charge in [-0.1, -0.05) is 39.5 Å². The van der Waals surface area contributed by atoms with Crippen molar-refractivity contribution < 1.29 is 4.58 Å². The molecule has 0 amide bonds. The van der Waals surface area contributed by atoms with Crippen LogP contribution in [0.3, 0.4) is 0 Å². The summed E-state index contributed by atoms with van der Waals surface area (Å²) in [6.45, 7) is 6.46. The zero-order valence-corrected chi connectivity index (χ0v) is 13.1. The molecule has 3 heteroatoms. The normalized spacial score (nSPS) is 9.40. The number of rotatable bonds is 11. The maximum atomic E-state index is 8.75. The summed E-state index contributed by atoms with van der Waals surface area (Å²) >= 11 is 0. The maximum Gasteiger partial charge on any atom is 0.165 e. The summed E-state index contributed by atoms with van der Waals surface area (Å²) in [4.78, 5) is 0. The lowest BCUT2D eigenvalue weighted by molar-refractivity contribution is -0.524. The second kappa shape index (κ2) is 13.8.